The Bertz CT molecular complexity index is 1070. The number of aliphatic carboxylic acids is 1. The van der Waals surface area contributed by atoms with Gasteiger partial charge in [0.1, 0.15) is 10.6 Å². The summed E-state index contributed by atoms with van der Waals surface area (Å²) in [6, 6.07) is 8.35. The molecule has 0 radical (unpaired) electrons. The van der Waals surface area contributed by atoms with Gasteiger partial charge in [-0.15, -0.1) is 11.3 Å². The average molecular weight is 482 g/mol. The van der Waals surface area contributed by atoms with Gasteiger partial charge < -0.3 is 15.2 Å². The number of carbonyl (C=O) groups excluding carboxylic acids is 2. The third kappa shape index (κ3) is 5.25. The summed E-state index contributed by atoms with van der Waals surface area (Å²) in [6.45, 7) is 1.96. The summed E-state index contributed by atoms with van der Waals surface area (Å²) in [5.41, 5.74) is 3.26. The van der Waals surface area contributed by atoms with Crippen LogP contribution in [0.3, 0.4) is 0 Å². The second-order valence-corrected chi connectivity index (χ2v) is 9.89. The number of ether oxygens (including phenoxy) is 1. The van der Waals surface area contributed by atoms with Crippen molar-refractivity contribution in [2.24, 2.45) is 11.8 Å². The molecular formula is C27H31NO5S. The zero-order valence-corrected chi connectivity index (χ0v) is 20.2. The first-order chi connectivity index (χ1) is 16.5. The van der Waals surface area contributed by atoms with Gasteiger partial charge in [-0.3, -0.25) is 9.59 Å². The fraction of sp³-hybridized carbons (Fsp3) is 0.444. The summed E-state index contributed by atoms with van der Waals surface area (Å²) in [5, 5.41) is 14.6. The molecule has 2 N–H and O–H groups in total. The molecule has 1 saturated carbocycles. The van der Waals surface area contributed by atoms with Crippen molar-refractivity contribution in [2.75, 3.05) is 11.9 Å². The lowest BCUT2D eigenvalue weighted by molar-refractivity contribution is -0.146. The van der Waals surface area contributed by atoms with Crippen LogP contribution >= 0.6 is 11.3 Å². The van der Waals surface area contributed by atoms with Crippen molar-refractivity contribution in [2.45, 2.75) is 57.8 Å². The molecule has 1 amide bonds. The van der Waals surface area contributed by atoms with E-state index in [9.17, 15) is 19.5 Å². The normalized spacial score (nSPS) is 20.6. The molecule has 0 spiro atoms. The SMILES string of the molecule is CCOC(=O)c1c(-c2ccc(C3CCCCC3)cc2)csc1NC(=O)[C@H]1CC=CC[C@@H]1C(=O)O. The van der Waals surface area contributed by atoms with Gasteiger partial charge >= 0.3 is 11.9 Å². The number of rotatable bonds is 7. The van der Waals surface area contributed by atoms with Crippen LogP contribution in [0.5, 0.6) is 0 Å². The molecule has 1 aromatic carbocycles. The van der Waals surface area contributed by atoms with E-state index in [1.54, 1.807) is 13.0 Å². The largest absolute Gasteiger partial charge is 0.481 e. The third-order valence-electron chi connectivity index (χ3n) is 6.89. The maximum absolute atomic E-state index is 13.0. The molecule has 0 saturated heterocycles. The van der Waals surface area contributed by atoms with E-state index in [0.717, 1.165) is 5.56 Å². The van der Waals surface area contributed by atoms with Gasteiger partial charge in [0.25, 0.3) is 0 Å². The number of thiophene rings is 1. The van der Waals surface area contributed by atoms with Gasteiger partial charge in [-0.25, -0.2) is 4.79 Å². The van der Waals surface area contributed by atoms with Crippen molar-refractivity contribution >= 4 is 34.2 Å². The molecule has 1 fully saturated rings. The topological polar surface area (TPSA) is 92.7 Å². The predicted octanol–water partition coefficient (Wildman–Crippen LogP) is 6.25. The van der Waals surface area contributed by atoms with E-state index in [1.807, 2.05) is 23.6 Å². The van der Waals surface area contributed by atoms with Crippen LogP contribution in [0.1, 0.15) is 73.7 Å². The molecule has 7 heteroatoms. The zero-order valence-electron chi connectivity index (χ0n) is 19.4. The number of nitrogens with one attached hydrogen (secondary N) is 1. The number of hydrogen-bond acceptors (Lipinski definition) is 5. The summed E-state index contributed by atoms with van der Waals surface area (Å²) in [7, 11) is 0. The first kappa shape index (κ1) is 24.2. The number of carbonyl (C=O) groups is 3. The van der Waals surface area contributed by atoms with E-state index in [2.05, 4.69) is 17.4 Å². The Balaban J connectivity index is 1.60. The van der Waals surface area contributed by atoms with Crippen LogP contribution in [0.25, 0.3) is 11.1 Å². The average Bonchev–Trinajstić information content (AvgIpc) is 3.28. The molecule has 2 aliphatic rings. The standard InChI is InChI=1S/C27H31NO5S/c1-2-33-27(32)23-22(19-14-12-18(13-15-19)17-8-4-3-5-9-17)16-34-25(23)28-24(29)20-10-6-7-11-21(20)26(30)31/h6-7,12-17,20-21H,2-5,8-11H2,1H3,(H,28,29)(H,30,31)/t20-,21-/m0/s1. The monoisotopic (exact) mass is 481 g/mol. The van der Waals surface area contributed by atoms with Gasteiger partial charge in [-0.2, -0.15) is 0 Å². The van der Waals surface area contributed by atoms with Gasteiger partial charge in [0.2, 0.25) is 5.91 Å². The highest BCUT2D eigenvalue weighted by atomic mass is 32.1. The predicted molar refractivity (Wildman–Crippen MR) is 133 cm³/mol. The number of benzene rings is 1. The van der Waals surface area contributed by atoms with E-state index in [0.29, 0.717) is 34.9 Å². The smallest absolute Gasteiger partial charge is 0.341 e. The van der Waals surface area contributed by atoms with Crippen LogP contribution in [0.15, 0.2) is 41.8 Å². The summed E-state index contributed by atoms with van der Waals surface area (Å²) in [5.74, 6) is -2.73. The Kier molecular flexibility index (Phi) is 7.83. The van der Waals surface area contributed by atoms with E-state index in [4.69, 9.17) is 4.74 Å². The third-order valence-corrected chi connectivity index (χ3v) is 7.79. The highest BCUT2D eigenvalue weighted by molar-refractivity contribution is 7.15. The van der Waals surface area contributed by atoms with Gasteiger partial charge in [-0.1, -0.05) is 55.7 Å². The molecule has 2 atom stereocenters. The van der Waals surface area contributed by atoms with Crippen molar-refractivity contribution in [3.63, 3.8) is 0 Å². The number of allylic oxidation sites excluding steroid dienone is 2. The van der Waals surface area contributed by atoms with Crippen LogP contribution < -0.4 is 5.32 Å². The van der Waals surface area contributed by atoms with Crippen molar-refractivity contribution in [1.82, 2.24) is 0 Å². The summed E-state index contributed by atoms with van der Waals surface area (Å²) in [6.07, 6.45) is 10.6. The van der Waals surface area contributed by atoms with Crippen molar-refractivity contribution in [3.8, 4) is 11.1 Å². The van der Waals surface area contributed by atoms with E-state index in [-0.39, 0.29) is 12.5 Å². The number of esters is 1. The molecule has 2 aromatic rings. The summed E-state index contributed by atoms with van der Waals surface area (Å²) < 4.78 is 5.31. The fourth-order valence-electron chi connectivity index (χ4n) is 5.02. The van der Waals surface area contributed by atoms with Crippen LogP contribution in [0.2, 0.25) is 0 Å². The molecule has 6 nitrogen and oxygen atoms in total. The first-order valence-corrected chi connectivity index (χ1v) is 12.9. The molecule has 0 unspecified atom stereocenters. The molecule has 0 bridgehead atoms. The Morgan fingerprint density at radius 3 is 2.35 bits per heavy atom. The van der Waals surface area contributed by atoms with E-state index >= 15 is 0 Å². The number of amides is 1. The minimum atomic E-state index is -0.986. The molecule has 1 aromatic heterocycles. The van der Waals surface area contributed by atoms with Crippen LogP contribution in [-0.2, 0) is 14.3 Å². The van der Waals surface area contributed by atoms with Crippen LogP contribution in [0, 0.1) is 11.8 Å². The summed E-state index contributed by atoms with van der Waals surface area (Å²) in [4.78, 5) is 37.5. The Morgan fingerprint density at radius 2 is 1.71 bits per heavy atom. The molecular weight excluding hydrogens is 450 g/mol. The van der Waals surface area contributed by atoms with Crippen LogP contribution in [-0.4, -0.2) is 29.6 Å². The number of carboxylic acid groups (broad SMARTS) is 1. The quantitative estimate of drug-likeness (QED) is 0.360. The minimum Gasteiger partial charge on any atom is -0.481 e. The zero-order chi connectivity index (χ0) is 24.1. The lowest BCUT2D eigenvalue weighted by atomic mass is 9.82. The number of hydrogen-bond donors (Lipinski definition) is 2. The fourth-order valence-corrected chi connectivity index (χ4v) is 5.98. The highest BCUT2D eigenvalue weighted by Crippen LogP contribution is 2.39. The van der Waals surface area contributed by atoms with Gasteiger partial charge in [0.05, 0.1) is 18.4 Å². The lowest BCUT2D eigenvalue weighted by Gasteiger charge is -2.24. The molecule has 2 aliphatic carbocycles. The maximum atomic E-state index is 13.0. The molecule has 180 valence electrons. The number of carboxylic acids is 1. The number of anilines is 1. The van der Waals surface area contributed by atoms with E-state index < -0.39 is 23.8 Å². The Morgan fingerprint density at radius 1 is 1.03 bits per heavy atom. The summed E-state index contributed by atoms with van der Waals surface area (Å²) >= 11 is 1.26. The molecule has 0 aliphatic heterocycles. The molecule has 34 heavy (non-hydrogen) atoms. The minimum absolute atomic E-state index is 0.219. The van der Waals surface area contributed by atoms with E-state index in [1.165, 1.54) is 49.0 Å². The van der Waals surface area contributed by atoms with Gasteiger partial charge in [-0.05, 0) is 49.7 Å². The van der Waals surface area contributed by atoms with Crippen molar-refractivity contribution in [3.05, 3.63) is 52.9 Å². The second-order valence-electron chi connectivity index (χ2n) is 9.01. The van der Waals surface area contributed by atoms with Gasteiger partial charge in [0.15, 0.2) is 0 Å². The Labute approximate surface area is 204 Å². The maximum Gasteiger partial charge on any atom is 0.341 e. The van der Waals surface area contributed by atoms with Crippen molar-refractivity contribution in [1.29, 1.82) is 0 Å². The first-order valence-electron chi connectivity index (χ1n) is 12.1. The highest BCUT2D eigenvalue weighted by Gasteiger charge is 2.35. The van der Waals surface area contributed by atoms with Gasteiger partial charge in [0, 0.05) is 10.9 Å². The second kappa shape index (κ2) is 11.0. The Hall–Kier alpha value is -2.93. The van der Waals surface area contributed by atoms with Crippen LogP contribution in [0.4, 0.5) is 5.00 Å². The van der Waals surface area contributed by atoms with Crippen molar-refractivity contribution < 1.29 is 24.2 Å². The molecule has 4 rings (SSSR count). The lowest BCUT2D eigenvalue weighted by Crippen LogP contribution is -2.34. The molecule has 1 heterocycles.